The number of hydrogen-bond acceptors (Lipinski definition) is 7. The summed E-state index contributed by atoms with van der Waals surface area (Å²) in [7, 11) is -0.361. The zero-order valence-electron chi connectivity index (χ0n) is 14.8. The summed E-state index contributed by atoms with van der Waals surface area (Å²) in [6.07, 6.45) is 1.49. The third kappa shape index (κ3) is 4.18. The van der Waals surface area contributed by atoms with E-state index in [1.807, 2.05) is 24.3 Å². The van der Waals surface area contributed by atoms with Gasteiger partial charge in [0.1, 0.15) is 15.8 Å². The molecular weight excluding hydrogens is 468 g/mol. The number of nitrogens with zero attached hydrogens (tertiary/aromatic N) is 2. The molecule has 146 valence electrons. The minimum atomic E-state index is -3.03. The predicted octanol–water partition coefficient (Wildman–Crippen LogP) is 4.03. The van der Waals surface area contributed by atoms with Crippen LogP contribution in [0.15, 0.2) is 53.1 Å². The molecule has 0 atom stereocenters. The van der Waals surface area contributed by atoms with Gasteiger partial charge in [0.2, 0.25) is 10.9 Å². The van der Waals surface area contributed by atoms with E-state index in [4.69, 9.17) is 9.47 Å². The first-order valence-corrected chi connectivity index (χ1v) is 10.6. The zero-order valence-corrected chi connectivity index (χ0v) is 18.1. The summed E-state index contributed by atoms with van der Waals surface area (Å²) >= 11 is 4.61. The molecule has 3 rings (SSSR count). The maximum atomic E-state index is 12.0. The van der Waals surface area contributed by atoms with Gasteiger partial charge in [-0.25, -0.2) is 22.5 Å². The highest BCUT2D eigenvalue weighted by Crippen LogP contribution is 2.39. The summed E-state index contributed by atoms with van der Waals surface area (Å²) in [5, 5.41) is 1.08. The van der Waals surface area contributed by atoms with Crippen molar-refractivity contribution in [2.75, 3.05) is 18.5 Å². The van der Waals surface area contributed by atoms with E-state index in [2.05, 4.69) is 20.9 Å². The second-order valence-corrected chi connectivity index (χ2v) is 8.24. The Morgan fingerprint density at radius 3 is 2.46 bits per heavy atom. The van der Waals surface area contributed by atoms with E-state index in [1.165, 1.54) is 50.0 Å². The monoisotopic (exact) mass is 482 g/mol. The van der Waals surface area contributed by atoms with Gasteiger partial charge < -0.3 is 9.47 Å². The second kappa shape index (κ2) is 8.72. The molecule has 10 heteroatoms. The van der Waals surface area contributed by atoms with Crippen LogP contribution >= 0.6 is 27.3 Å². The molecule has 3 aromatic rings. The Kier molecular flexibility index (Phi) is 6.32. The average Bonchev–Trinajstić information content (AvgIpc) is 3.17. The maximum Gasteiger partial charge on any atom is 0.337 e. The topological polar surface area (TPSA) is 85.8 Å². The van der Waals surface area contributed by atoms with E-state index >= 15 is 0 Å². The van der Waals surface area contributed by atoms with Crippen molar-refractivity contribution in [3.05, 3.63) is 58.7 Å². The highest BCUT2D eigenvalue weighted by atomic mass is 79.9. The number of aromatic nitrogens is 1. The van der Waals surface area contributed by atoms with Gasteiger partial charge in [-0.2, -0.15) is 0 Å². The molecular formula is C18H15BrN2O5S2. The molecule has 0 aliphatic heterocycles. The smallest absolute Gasteiger partial charge is 0.337 e. The van der Waals surface area contributed by atoms with Crippen molar-refractivity contribution >= 4 is 54.8 Å². The molecule has 28 heavy (non-hydrogen) atoms. The van der Waals surface area contributed by atoms with Crippen molar-refractivity contribution in [3.8, 4) is 16.3 Å². The molecule has 0 aliphatic carbocycles. The number of rotatable bonds is 6. The molecule has 0 radical (unpaired) electrons. The number of hydrogen-bond donors (Lipinski definition) is 1. The van der Waals surface area contributed by atoms with Gasteiger partial charge in [0, 0.05) is 10.0 Å². The number of anilines is 2. The lowest BCUT2D eigenvalue weighted by Gasteiger charge is -2.18. The summed E-state index contributed by atoms with van der Waals surface area (Å²) in [6, 6.07) is 12.0. The fourth-order valence-electron chi connectivity index (χ4n) is 2.47. The molecule has 1 heterocycles. The molecule has 0 amide bonds. The number of carbonyl (C=O) groups excluding carboxylic acids is 1. The van der Waals surface area contributed by atoms with Crippen molar-refractivity contribution < 1.29 is 22.7 Å². The number of benzene rings is 2. The van der Waals surface area contributed by atoms with Gasteiger partial charge >= 0.3 is 5.97 Å². The predicted molar refractivity (Wildman–Crippen MR) is 112 cm³/mol. The lowest BCUT2D eigenvalue weighted by Crippen LogP contribution is -2.14. The average molecular weight is 483 g/mol. The fraction of sp³-hybridized carbons (Fsp3) is 0.111. The summed E-state index contributed by atoms with van der Waals surface area (Å²) in [6.45, 7) is 0. The van der Waals surface area contributed by atoms with Crippen LogP contribution in [0.1, 0.15) is 10.4 Å². The van der Waals surface area contributed by atoms with Crippen LogP contribution in [0, 0.1) is 0 Å². The maximum absolute atomic E-state index is 12.0. The summed E-state index contributed by atoms with van der Waals surface area (Å²) in [5.41, 5.74) is 1.40. The quantitative estimate of drug-likeness (QED) is 0.421. The molecule has 7 nitrogen and oxygen atoms in total. The molecule has 0 fully saturated rings. The Morgan fingerprint density at radius 2 is 1.86 bits per heavy atom. The van der Waals surface area contributed by atoms with Crippen LogP contribution in [0.5, 0.6) is 5.75 Å². The molecule has 1 aromatic heterocycles. The number of ether oxygens (including phenoxy) is 2. The lowest BCUT2D eigenvalue weighted by molar-refractivity contribution is 0.0600. The Bertz CT molecular complexity index is 1070. The number of thiazole rings is 1. The van der Waals surface area contributed by atoms with Crippen LogP contribution < -0.4 is 9.04 Å². The van der Waals surface area contributed by atoms with E-state index in [1.54, 1.807) is 0 Å². The molecule has 0 aliphatic rings. The van der Waals surface area contributed by atoms with E-state index in [-0.39, 0.29) is 17.0 Å². The lowest BCUT2D eigenvalue weighted by atomic mass is 10.2. The normalized spacial score (nSPS) is 10.7. The van der Waals surface area contributed by atoms with Gasteiger partial charge in [-0.15, -0.1) is 0 Å². The van der Waals surface area contributed by atoms with Crippen molar-refractivity contribution in [2.45, 2.75) is 0 Å². The molecule has 0 spiro atoms. The van der Waals surface area contributed by atoms with Crippen LogP contribution in [-0.4, -0.2) is 33.6 Å². The first-order valence-electron chi connectivity index (χ1n) is 7.87. The third-order valence-corrected chi connectivity index (χ3v) is 6.24. The standard InChI is InChI=1S/C18H15BrN2O5S2/c1-25-15-9-12(18(22)26-2)5-8-14(15)21(28(23)24)16-10-20-17(27-16)11-3-6-13(19)7-4-11/h3-10,28H,1-2H3. The van der Waals surface area contributed by atoms with E-state index in [0.29, 0.717) is 10.0 Å². The summed E-state index contributed by atoms with van der Waals surface area (Å²) < 4.78 is 36.1. The van der Waals surface area contributed by atoms with Gasteiger partial charge in [0.15, 0.2) is 0 Å². The van der Waals surface area contributed by atoms with Crippen LogP contribution in [0.25, 0.3) is 10.6 Å². The number of methoxy groups -OCH3 is 2. The summed E-state index contributed by atoms with van der Waals surface area (Å²) in [4.78, 5) is 16.1. The Morgan fingerprint density at radius 1 is 1.14 bits per heavy atom. The first kappa shape index (κ1) is 20.3. The highest BCUT2D eigenvalue weighted by molar-refractivity contribution is 9.10. The number of carbonyl (C=O) groups is 1. The minimum Gasteiger partial charge on any atom is -0.495 e. The van der Waals surface area contributed by atoms with Gasteiger partial charge in [0.05, 0.1) is 31.7 Å². The molecule has 0 unspecified atom stereocenters. The van der Waals surface area contributed by atoms with Gasteiger partial charge in [0.25, 0.3) is 0 Å². The van der Waals surface area contributed by atoms with Crippen molar-refractivity contribution in [1.82, 2.24) is 4.98 Å². The Labute approximate surface area is 175 Å². The van der Waals surface area contributed by atoms with Crippen LogP contribution in [0.4, 0.5) is 10.7 Å². The Balaban J connectivity index is 2.03. The summed E-state index contributed by atoms with van der Waals surface area (Å²) in [5.74, 6) is -0.320. The second-order valence-electron chi connectivity index (χ2n) is 5.44. The largest absolute Gasteiger partial charge is 0.495 e. The molecule has 0 saturated carbocycles. The van der Waals surface area contributed by atoms with E-state index in [0.717, 1.165) is 14.3 Å². The number of thiol groups is 1. The molecule has 0 N–H and O–H groups in total. The first-order chi connectivity index (χ1) is 13.4. The van der Waals surface area contributed by atoms with Gasteiger partial charge in [-0.3, -0.25) is 0 Å². The van der Waals surface area contributed by atoms with Crippen molar-refractivity contribution in [2.24, 2.45) is 0 Å². The number of halogens is 1. The van der Waals surface area contributed by atoms with Crippen molar-refractivity contribution in [3.63, 3.8) is 0 Å². The SMILES string of the molecule is COC(=O)c1ccc(N(c2cnc(-c3ccc(Br)cc3)s2)[SH](=O)=O)c(OC)c1. The third-order valence-electron chi connectivity index (χ3n) is 3.79. The van der Waals surface area contributed by atoms with Crippen LogP contribution in [0.3, 0.4) is 0 Å². The zero-order chi connectivity index (χ0) is 20.3. The minimum absolute atomic E-state index is 0.223. The van der Waals surface area contributed by atoms with E-state index < -0.39 is 16.9 Å². The van der Waals surface area contributed by atoms with Crippen LogP contribution in [0.2, 0.25) is 0 Å². The van der Waals surface area contributed by atoms with Gasteiger partial charge in [-0.1, -0.05) is 39.4 Å². The fourth-order valence-corrected chi connectivity index (χ4v) is 4.46. The molecule has 2 aromatic carbocycles. The molecule has 0 bridgehead atoms. The Hall–Kier alpha value is -2.43. The highest BCUT2D eigenvalue weighted by Gasteiger charge is 2.21. The van der Waals surface area contributed by atoms with Crippen molar-refractivity contribution in [1.29, 1.82) is 0 Å². The van der Waals surface area contributed by atoms with Crippen LogP contribution in [-0.2, 0) is 15.6 Å². The molecule has 0 saturated heterocycles. The number of esters is 1. The van der Waals surface area contributed by atoms with E-state index in [9.17, 15) is 13.2 Å². The van der Waals surface area contributed by atoms with Gasteiger partial charge in [-0.05, 0) is 30.3 Å².